The molecule has 0 atom stereocenters. The maximum absolute atomic E-state index is 11.8. The highest BCUT2D eigenvalue weighted by molar-refractivity contribution is 7.07. The Morgan fingerprint density at radius 2 is 2.18 bits per heavy atom. The number of nitrogens with zero attached hydrogens (tertiary/aromatic N) is 4. The summed E-state index contributed by atoms with van der Waals surface area (Å²) in [7, 11) is 0. The Balaban J connectivity index is 1.64. The summed E-state index contributed by atoms with van der Waals surface area (Å²) in [5, 5.41) is 4.92. The second-order valence-corrected chi connectivity index (χ2v) is 8.28. The van der Waals surface area contributed by atoms with Gasteiger partial charge in [0.15, 0.2) is 11.4 Å². The van der Waals surface area contributed by atoms with E-state index in [1.807, 2.05) is 60.8 Å². The molecule has 1 aliphatic rings. The van der Waals surface area contributed by atoms with Crippen LogP contribution in [0.3, 0.4) is 0 Å². The fourth-order valence-corrected chi connectivity index (χ4v) is 4.50. The monoisotopic (exact) mass is 453 g/mol. The molecule has 1 aliphatic heterocycles. The fourth-order valence-electron chi connectivity index (χ4n) is 3.58. The van der Waals surface area contributed by atoms with E-state index in [1.54, 1.807) is 6.20 Å². The lowest BCUT2D eigenvalue weighted by Crippen LogP contribution is -2.25. The first-order valence-corrected chi connectivity index (χ1v) is 11.1. The normalized spacial score (nSPS) is 13.1. The minimum Gasteiger partial charge on any atom is -0.482 e. The predicted molar refractivity (Wildman–Crippen MR) is 127 cm³/mol. The van der Waals surface area contributed by atoms with Crippen LogP contribution in [0.15, 0.2) is 65.1 Å². The minimum absolute atomic E-state index is 0.0254. The van der Waals surface area contributed by atoms with E-state index in [-0.39, 0.29) is 12.5 Å². The third-order valence-corrected chi connectivity index (χ3v) is 5.96. The number of nitrogens with one attached hydrogen (secondary N) is 1. The van der Waals surface area contributed by atoms with E-state index in [1.165, 1.54) is 11.3 Å². The van der Waals surface area contributed by atoms with Gasteiger partial charge < -0.3 is 14.6 Å². The van der Waals surface area contributed by atoms with Crippen LogP contribution < -0.4 is 14.9 Å². The van der Waals surface area contributed by atoms with Gasteiger partial charge in [-0.1, -0.05) is 12.0 Å². The van der Waals surface area contributed by atoms with Crippen LogP contribution in [0.5, 0.6) is 5.75 Å². The zero-order valence-corrected chi connectivity index (χ0v) is 18.6. The van der Waals surface area contributed by atoms with Crippen molar-refractivity contribution in [1.82, 2.24) is 14.5 Å². The largest absolute Gasteiger partial charge is 0.482 e. The molecule has 0 bridgehead atoms. The number of carbonyl (C=O) groups excluding carboxylic acids is 1. The lowest BCUT2D eigenvalue weighted by molar-refractivity contribution is -0.118. The highest BCUT2D eigenvalue weighted by Crippen LogP contribution is 2.33. The average Bonchev–Trinajstić information content (AvgIpc) is 3.20. The molecule has 2 aromatic heterocycles. The van der Waals surface area contributed by atoms with Crippen LogP contribution in [-0.4, -0.2) is 27.0 Å². The lowest BCUT2D eigenvalue weighted by Gasteiger charge is -2.19. The first-order valence-electron chi connectivity index (χ1n) is 10.2. The Morgan fingerprint density at radius 3 is 3.03 bits per heavy atom. The second-order valence-electron chi connectivity index (χ2n) is 7.44. The number of fused-ring (bicyclic) bond motifs is 1. The molecule has 4 aromatic rings. The van der Waals surface area contributed by atoms with Gasteiger partial charge in [0.05, 0.1) is 29.3 Å². The van der Waals surface area contributed by atoms with Gasteiger partial charge >= 0.3 is 0 Å². The average molecular weight is 454 g/mol. The fraction of sp³-hybridized carbons (Fsp3) is 0.120. The minimum atomic E-state index is -0.168. The van der Waals surface area contributed by atoms with Gasteiger partial charge in [-0.3, -0.25) is 4.79 Å². The van der Waals surface area contributed by atoms with Crippen molar-refractivity contribution >= 4 is 28.6 Å². The van der Waals surface area contributed by atoms with Crippen LogP contribution >= 0.6 is 11.3 Å². The molecule has 162 valence electrons. The summed E-state index contributed by atoms with van der Waals surface area (Å²) in [6.45, 7) is 2.40. The summed E-state index contributed by atoms with van der Waals surface area (Å²) in [4.78, 5) is 26.2. The first kappa shape index (κ1) is 20.7. The molecule has 1 N–H and O–H groups in total. The summed E-state index contributed by atoms with van der Waals surface area (Å²) in [6, 6.07) is 15.2. The molecule has 2 aromatic carbocycles. The molecular formula is C25H19N5O2S. The number of thiazole rings is 1. The highest BCUT2D eigenvalue weighted by Gasteiger charge is 2.18. The van der Waals surface area contributed by atoms with E-state index in [9.17, 15) is 4.79 Å². The van der Waals surface area contributed by atoms with Gasteiger partial charge in [0.2, 0.25) is 0 Å². The van der Waals surface area contributed by atoms with E-state index in [0.29, 0.717) is 23.8 Å². The third kappa shape index (κ3) is 4.40. The number of carbonyl (C=O) groups is 1. The van der Waals surface area contributed by atoms with Crippen molar-refractivity contribution in [3.63, 3.8) is 0 Å². The van der Waals surface area contributed by atoms with Crippen LogP contribution in [0.2, 0.25) is 0 Å². The number of anilines is 1. The smallest absolute Gasteiger partial charge is 0.262 e. The number of hydrogen-bond acceptors (Lipinski definition) is 6. The molecule has 8 heteroatoms. The molecule has 7 nitrogen and oxygen atoms in total. The zero-order valence-electron chi connectivity index (χ0n) is 17.8. The summed E-state index contributed by atoms with van der Waals surface area (Å²) in [5.41, 5.74) is 4.95. The maximum Gasteiger partial charge on any atom is 0.262 e. The molecule has 0 saturated carbocycles. The molecule has 0 fully saturated rings. The number of benzene rings is 2. The number of aromatic nitrogens is 3. The number of amides is 1. The molecular weight excluding hydrogens is 434 g/mol. The van der Waals surface area contributed by atoms with Crippen LogP contribution in [0.1, 0.15) is 17.1 Å². The first-order chi connectivity index (χ1) is 16.1. The van der Waals surface area contributed by atoms with Crippen LogP contribution in [0.4, 0.5) is 11.4 Å². The number of ether oxygens (including phenoxy) is 1. The molecule has 0 spiro atoms. The van der Waals surface area contributed by atoms with Crippen molar-refractivity contribution in [2.75, 3.05) is 11.9 Å². The molecule has 0 aliphatic carbocycles. The van der Waals surface area contributed by atoms with Crippen molar-refractivity contribution in [3.05, 3.63) is 82.0 Å². The summed E-state index contributed by atoms with van der Waals surface area (Å²) in [6.07, 6.45) is 7.31. The van der Waals surface area contributed by atoms with Gasteiger partial charge in [0, 0.05) is 22.7 Å². The van der Waals surface area contributed by atoms with Crippen LogP contribution in [-0.2, 0) is 11.3 Å². The summed E-state index contributed by atoms with van der Waals surface area (Å²) >= 11 is 1.52. The molecule has 0 saturated heterocycles. The number of rotatable bonds is 4. The Morgan fingerprint density at radius 1 is 1.27 bits per heavy atom. The quantitative estimate of drug-likeness (QED) is 0.475. The zero-order chi connectivity index (χ0) is 22.8. The number of hydrogen-bond donors (Lipinski definition) is 1. The van der Waals surface area contributed by atoms with Gasteiger partial charge in [0.1, 0.15) is 11.6 Å². The Labute approximate surface area is 194 Å². The molecule has 0 unspecified atom stereocenters. The van der Waals surface area contributed by atoms with Gasteiger partial charge in [-0.05, 0) is 49.4 Å². The standard InChI is InChI=1S/C25H19N5O2S/c1-3-17-5-4-6-19(11-17)28-25-30(13-20-9-10-26-16(2)27-20)22(15-33-25)18-7-8-23-21(12-18)29-24(31)14-32-23/h1,4-12,15H,13-14H2,2H3,(H,29,31). The SMILES string of the molecule is C#Cc1cccc(N=c2scc(-c3ccc4c(c3)NC(=O)CO4)n2Cc2ccnc(C)n2)c1. The van der Waals surface area contributed by atoms with Crippen molar-refractivity contribution in [2.24, 2.45) is 4.99 Å². The van der Waals surface area contributed by atoms with E-state index in [4.69, 9.17) is 16.2 Å². The van der Waals surface area contributed by atoms with Gasteiger partial charge in [0.25, 0.3) is 5.91 Å². The Kier molecular flexibility index (Phi) is 5.47. The van der Waals surface area contributed by atoms with Gasteiger partial charge in [-0.2, -0.15) is 0 Å². The number of terminal acetylenes is 1. The predicted octanol–water partition coefficient (Wildman–Crippen LogP) is 3.91. The van der Waals surface area contributed by atoms with Gasteiger partial charge in [-0.15, -0.1) is 17.8 Å². The molecule has 33 heavy (non-hydrogen) atoms. The number of aryl methyl sites for hydroxylation is 1. The van der Waals surface area contributed by atoms with Crippen molar-refractivity contribution in [1.29, 1.82) is 0 Å². The third-order valence-electron chi connectivity index (χ3n) is 5.10. The topological polar surface area (TPSA) is 81.4 Å². The second kappa shape index (κ2) is 8.73. The Bertz CT molecular complexity index is 1480. The lowest BCUT2D eigenvalue weighted by atomic mass is 10.1. The highest BCUT2D eigenvalue weighted by atomic mass is 32.1. The van der Waals surface area contributed by atoms with E-state index >= 15 is 0 Å². The van der Waals surface area contributed by atoms with Crippen LogP contribution in [0.25, 0.3) is 11.3 Å². The van der Waals surface area contributed by atoms with Gasteiger partial charge in [-0.25, -0.2) is 15.0 Å². The Hall–Kier alpha value is -4.22. The van der Waals surface area contributed by atoms with E-state index in [0.717, 1.165) is 33.0 Å². The van der Waals surface area contributed by atoms with E-state index in [2.05, 4.69) is 25.8 Å². The molecule has 5 rings (SSSR count). The van der Waals surface area contributed by atoms with E-state index < -0.39 is 0 Å². The summed E-state index contributed by atoms with van der Waals surface area (Å²) in [5.74, 6) is 3.84. The van der Waals surface area contributed by atoms with Crippen molar-refractivity contribution in [3.8, 4) is 29.4 Å². The summed E-state index contributed by atoms with van der Waals surface area (Å²) < 4.78 is 7.60. The van der Waals surface area contributed by atoms with Crippen LogP contribution in [0, 0.1) is 19.3 Å². The maximum atomic E-state index is 11.8. The molecule has 1 amide bonds. The van der Waals surface area contributed by atoms with Crippen molar-refractivity contribution < 1.29 is 9.53 Å². The molecule has 3 heterocycles. The molecule has 0 radical (unpaired) electrons. The van der Waals surface area contributed by atoms with Crippen molar-refractivity contribution in [2.45, 2.75) is 13.5 Å².